The maximum Gasteiger partial charge on any atom is 0.247 e. The summed E-state index contributed by atoms with van der Waals surface area (Å²) in [6.07, 6.45) is -0.820. The molecule has 0 radical (unpaired) electrons. The van der Waals surface area contributed by atoms with Crippen LogP contribution in [-0.2, 0) is 0 Å². The lowest BCUT2D eigenvalue weighted by Crippen LogP contribution is -1.89. The molecule has 4 nitrogen and oxygen atoms in total. The second kappa shape index (κ2) is 3.78. The molecule has 0 saturated carbocycles. The molecule has 0 aliphatic heterocycles. The first-order valence-corrected chi connectivity index (χ1v) is 4.44. The van der Waals surface area contributed by atoms with Gasteiger partial charge in [-0.25, -0.2) is 4.39 Å². The van der Waals surface area contributed by atoms with Gasteiger partial charge in [0.1, 0.15) is 11.9 Å². The first kappa shape index (κ1) is 9.79. The molecule has 0 saturated heterocycles. The van der Waals surface area contributed by atoms with Crippen LogP contribution < -0.4 is 0 Å². The van der Waals surface area contributed by atoms with Gasteiger partial charge in [0.2, 0.25) is 11.8 Å². The summed E-state index contributed by atoms with van der Waals surface area (Å²) < 4.78 is 18.0. The maximum atomic E-state index is 12.9. The van der Waals surface area contributed by atoms with Gasteiger partial charge in [-0.1, -0.05) is 6.07 Å². The second-order valence-corrected chi connectivity index (χ2v) is 3.13. The molecule has 1 aromatic carbocycles. The van der Waals surface area contributed by atoms with Crippen LogP contribution in [0.25, 0.3) is 11.5 Å². The zero-order chi connectivity index (χ0) is 10.8. The van der Waals surface area contributed by atoms with Gasteiger partial charge in [-0.05, 0) is 25.1 Å². The van der Waals surface area contributed by atoms with Crippen molar-refractivity contribution in [1.29, 1.82) is 0 Å². The van der Waals surface area contributed by atoms with Gasteiger partial charge < -0.3 is 9.52 Å². The fraction of sp³-hybridized carbons (Fsp3) is 0.200. The fourth-order valence-corrected chi connectivity index (χ4v) is 1.14. The van der Waals surface area contributed by atoms with Crippen LogP contribution in [0.4, 0.5) is 4.39 Å². The lowest BCUT2D eigenvalue weighted by atomic mass is 10.2. The molecule has 1 N–H and O–H groups in total. The number of aliphatic hydroxyl groups is 1. The summed E-state index contributed by atoms with van der Waals surface area (Å²) in [4.78, 5) is 0. The Kier molecular flexibility index (Phi) is 2.47. The van der Waals surface area contributed by atoms with Crippen molar-refractivity contribution in [2.24, 2.45) is 0 Å². The Morgan fingerprint density at radius 2 is 2.20 bits per heavy atom. The van der Waals surface area contributed by atoms with Crippen LogP contribution in [0.1, 0.15) is 18.9 Å². The van der Waals surface area contributed by atoms with E-state index in [1.165, 1.54) is 19.1 Å². The van der Waals surface area contributed by atoms with Gasteiger partial charge in [0.05, 0.1) is 0 Å². The maximum absolute atomic E-state index is 12.9. The summed E-state index contributed by atoms with van der Waals surface area (Å²) in [5.41, 5.74) is 0.495. The minimum atomic E-state index is -0.820. The van der Waals surface area contributed by atoms with Crippen LogP contribution in [0.15, 0.2) is 28.7 Å². The van der Waals surface area contributed by atoms with Crippen molar-refractivity contribution in [2.45, 2.75) is 13.0 Å². The lowest BCUT2D eigenvalue weighted by molar-refractivity contribution is 0.163. The van der Waals surface area contributed by atoms with E-state index in [0.29, 0.717) is 5.56 Å². The Balaban J connectivity index is 2.37. The summed E-state index contributed by atoms with van der Waals surface area (Å²) in [5.74, 6) is -0.0519. The molecule has 1 unspecified atom stereocenters. The van der Waals surface area contributed by atoms with Crippen molar-refractivity contribution < 1.29 is 13.9 Å². The molecule has 78 valence electrons. The molecular formula is C10H9FN2O2. The summed E-state index contributed by atoms with van der Waals surface area (Å²) in [6, 6.07) is 5.83. The van der Waals surface area contributed by atoms with E-state index in [0.717, 1.165) is 0 Å². The molecule has 2 aromatic rings. The predicted octanol–water partition coefficient (Wildman–Crippen LogP) is 1.93. The molecule has 15 heavy (non-hydrogen) atoms. The first-order valence-electron chi connectivity index (χ1n) is 4.44. The zero-order valence-electron chi connectivity index (χ0n) is 8.01. The van der Waals surface area contributed by atoms with Gasteiger partial charge in [0.15, 0.2) is 0 Å². The third kappa shape index (κ3) is 2.02. The van der Waals surface area contributed by atoms with Crippen LogP contribution in [0.2, 0.25) is 0 Å². The van der Waals surface area contributed by atoms with Crippen LogP contribution >= 0.6 is 0 Å². The molecule has 1 atom stereocenters. The SMILES string of the molecule is CC(O)c1nnc(-c2cccc(F)c2)o1. The van der Waals surface area contributed by atoms with Crippen molar-refractivity contribution in [1.82, 2.24) is 10.2 Å². The standard InChI is InChI=1S/C10H9FN2O2/c1-6(14)9-12-13-10(15-9)7-3-2-4-8(11)5-7/h2-6,14H,1H3. The number of rotatable bonds is 2. The minimum absolute atomic E-state index is 0.120. The average molecular weight is 208 g/mol. The van der Waals surface area contributed by atoms with Crippen molar-refractivity contribution in [3.63, 3.8) is 0 Å². The Morgan fingerprint density at radius 1 is 1.40 bits per heavy atom. The van der Waals surface area contributed by atoms with Crippen LogP contribution in [0.5, 0.6) is 0 Å². The largest absolute Gasteiger partial charge is 0.418 e. The molecule has 1 aromatic heterocycles. The quantitative estimate of drug-likeness (QED) is 0.819. The summed E-state index contributed by atoms with van der Waals surface area (Å²) in [7, 11) is 0. The molecule has 0 spiro atoms. The molecule has 0 aliphatic rings. The number of hydrogen-bond acceptors (Lipinski definition) is 4. The van der Waals surface area contributed by atoms with Gasteiger partial charge in [0, 0.05) is 5.56 Å². The highest BCUT2D eigenvalue weighted by atomic mass is 19.1. The Morgan fingerprint density at radius 3 is 2.80 bits per heavy atom. The number of hydrogen-bond donors (Lipinski definition) is 1. The van der Waals surface area contributed by atoms with Crippen molar-refractivity contribution in [2.75, 3.05) is 0 Å². The highest BCUT2D eigenvalue weighted by Gasteiger charge is 2.12. The Bertz CT molecular complexity index is 468. The van der Waals surface area contributed by atoms with Crippen LogP contribution in [-0.4, -0.2) is 15.3 Å². The smallest absolute Gasteiger partial charge is 0.247 e. The zero-order valence-corrected chi connectivity index (χ0v) is 8.01. The van der Waals surface area contributed by atoms with Crippen molar-refractivity contribution in [3.05, 3.63) is 36.0 Å². The molecule has 1 heterocycles. The van der Waals surface area contributed by atoms with Gasteiger partial charge in [-0.3, -0.25) is 0 Å². The van der Waals surface area contributed by atoms with Crippen molar-refractivity contribution in [3.8, 4) is 11.5 Å². The fourth-order valence-electron chi connectivity index (χ4n) is 1.14. The molecule has 0 aliphatic carbocycles. The van der Waals surface area contributed by atoms with E-state index in [2.05, 4.69) is 10.2 Å². The van der Waals surface area contributed by atoms with E-state index in [-0.39, 0.29) is 17.6 Å². The molecule has 0 bridgehead atoms. The van der Waals surface area contributed by atoms with Crippen LogP contribution in [0.3, 0.4) is 0 Å². The van der Waals surface area contributed by atoms with Gasteiger partial charge >= 0.3 is 0 Å². The first-order chi connectivity index (χ1) is 7.16. The minimum Gasteiger partial charge on any atom is -0.418 e. The van der Waals surface area contributed by atoms with E-state index in [1.807, 2.05) is 0 Å². The molecule has 5 heteroatoms. The number of nitrogens with zero attached hydrogens (tertiary/aromatic N) is 2. The highest BCUT2D eigenvalue weighted by Crippen LogP contribution is 2.20. The molecular weight excluding hydrogens is 199 g/mol. The molecule has 0 fully saturated rings. The van der Waals surface area contributed by atoms with Gasteiger partial charge in [-0.15, -0.1) is 10.2 Å². The second-order valence-electron chi connectivity index (χ2n) is 3.13. The summed E-state index contributed by atoms with van der Waals surface area (Å²) >= 11 is 0. The van der Waals surface area contributed by atoms with E-state index < -0.39 is 6.10 Å². The number of halogens is 1. The highest BCUT2D eigenvalue weighted by molar-refractivity contribution is 5.52. The predicted molar refractivity (Wildman–Crippen MR) is 50.3 cm³/mol. The van der Waals surface area contributed by atoms with E-state index in [4.69, 9.17) is 9.52 Å². The van der Waals surface area contributed by atoms with E-state index in [9.17, 15) is 4.39 Å². The Hall–Kier alpha value is -1.75. The normalized spacial score (nSPS) is 12.7. The summed E-state index contributed by atoms with van der Waals surface area (Å²) in [6.45, 7) is 1.52. The number of benzene rings is 1. The molecule has 0 amide bonds. The molecule has 2 rings (SSSR count). The van der Waals surface area contributed by atoms with E-state index >= 15 is 0 Å². The number of aliphatic hydroxyl groups excluding tert-OH is 1. The van der Waals surface area contributed by atoms with Gasteiger partial charge in [-0.2, -0.15) is 0 Å². The number of aromatic nitrogens is 2. The third-order valence-corrected chi connectivity index (χ3v) is 1.87. The topological polar surface area (TPSA) is 59.2 Å². The average Bonchev–Trinajstić information content (AvgIpc) is 2.66. The van der Waals surface area contributed by atoms with Crippen molar-refractivity contribution >= 4 is 0 Å². The third-order valence-electron chi connectivity index (χ3n) is 1.87. The van der Waals surface area contributed by atoms with Crippen LogP contribution in [0, 0.1) is 5.82 Å². The Labute approximate surface area is 85.4 Å². The lowest BCUT2D eigenvalue weighted by Gasteiger charge is -1.95. The van der Waals surface area contributed by atoms with E-state index in [1.54, 1.807) is 12.1 Å². The monoisotopic (exact) mass is 208 g/mol. The summed E-state index contributed by atoms with van der Waals surface area (Å²) in [5, 5.41) is 16.5. The van der Waals surface area contributed by atoms with Gasteiger partial charge in [0.25, 0.3) is 0 Å².